The number of benzene rings is 2. The molecule has 0 heterocycles. The third kappa shape index (κ3) is 5.25. The summed E-state index contributed by atoms with van der Waals surface area (Å²) in [5.41, 5.74) is 3.46. The topological polar surface area (TPSA) is 33.3 Å². The maximum absolute atomic E-state index is 5.44. The van der Waals surface area contributed by atoms with Crippen LogP contribution in [0.4, 0.5) is 5.69 Å². The van der Waals surface area contributed by atoms with Crippen molar-refractivity contribution in [2.75, 3.05) is 11.9 Å². The molecule has 0 spiro atoms. The highest BCUT2D eigenvalue weighted by molar-refractivity contribution is 7.80. The summed E-state index contributed by atoms with van der Waals surface area (Å²) in [5, 5.41) is 7.23. The molecule has 2 rings (SSSR count). The van der Waals surface area contributed by atoms with E-state index in [1.54, 1.807) is 0 Å². The van der Waals surface area contributed by atoms with Gasteiger partial charge in [-0.3, -0.25) is 0 Å². The summed E-state index contributed by atoms with van der Waals surface area (Å²) in [6, 6.07) is 16.6. The first-order valence-corrected chi connectivity index (χ1v) is 8.40. The van der Waals surface area contributed by atoms with E-state index < -0.39 is 0 Å². The first kappa shape index (κ1) is 17.3. The molecule has 0 aliphatic carbocycles. The Bertz CT molecular complexity index is 623. The van der Waals surface area contributed by atoms with E-state index in [0.29, 0.717) is 11.7 Å². The van der Waals surface area contributed by atoms with Gasteiger partial charge in [-0.05, 0) is 62.3 Å². The SMILES string of the molecule is CCOc1ccc(NC(=S)N[C@H](CC)c2ccc(C)cc2)cc1. The van der Waals surface area contributed by atoms with Crippen LogP contribution < -0.4 is 15.4 Å². The lowest BCUT2D eigenvalue weighted by atomic mass is 10.0. The lowest BCUT2D eigenvalue weighted by Crippen LogP contribution is -2.32. The molecule has 0 aliphatic rings. The van der Waals surface area contributed by atoms with E-state index in [1.165, 1.54) is 11.1 Å². The van der Waals surface area contributed by atoms with Crippen LogP contribution in [0.3, 0.4) is 0 Å². The van der Waals surface area contributed by atoms with E-state index in [4.69, 9.17) is 17.0 Å². The highest BCUT2D eigenvalue weighted by atomic mass is 32.1. The van der Waals surface area contributed by atoms with Crippen molar-refractivity contribution in [1.82, 2.24) is 5.32 Å². The minimum absolute atomic E-state index is 0.207. The highest BCUT2D eigenvalue weighted by Crippen LogP contribution is 2.19. The molecule has 3 nitrogen and oxygen atoms in total. The molecule has 0 bridgehead atoms. The lowest BCUT2D eigenvalue weighted by Gasteiger charge is -2.20. The fourth-order valence-electron chi connectivity index (χ4n) is 2.35. The molecule has 2 aromatic carbocycles. The number of aryl methyl sites for hydroxylation is 1. The molecule has 0 amide bonds. The Balaban J connectivity index is 1.95. The third-order valence-electron chi connectivity index (χ3n) is 3.62. The van der Waals surface area contributed by atoms with Gasteiger partial charge in [0.1, 0.15) is 5.75 Å². The minimum Gasteiger partial charge on any atom is -0.494 e. The van der Waals surface area contributed by atoms with Gasteiger partial charge in [0.25, 0.3) is 0 Å². The molecular formula is C19H24N2OS. The van der Waals surface area contributed by atoms with Crippen molar-refractivity contribution in [3.63, 3.8) is 0 Å². The molecule has 2 N–H and O–H groups in total. The van der Waals surface area contributed by atoms with Gasteiger partial charge in [-0.1, -0.05) is 36.8 Å². The average Bonchev–Trinajstić information content (AvgIpc) is 2.56. The molecule has 122 valence electrons. The summed E-state index contributed by atoms with van der Waals surface area (Å²) >= 11 is 5.43. The third-order valence-corrected chi connectivity index (χ3v) is 3.84. The second-order valence-electron chi connectivity index (χ2n) is 5.43. The summed E-state index contributed by atoms with van der Waals surface area (Å²) in [6.07, 6.45) is 0.966. The molecule has 0 aliphatic heterocycles. The van der Waals surface area contributed by atoms with E-state index in [0.717, 1.165) is 17.9 Å². The first-order chi connectivity index (χ1) is 11.1. The van der Waals surface area contributed by atoms with Gasteiger partial charge in [0.05, 0.1) is 12.6 Å². The van der Waals surface area contributed by atoms with Crippen molar-refractivity contribution in [2.45, 2.75) is 33.2 Å². The highest BCUT2D eigenvalue weighted by Gasteiger charge is 2.10. The number of ether oxygens (including phenoxy) is 1. The van der Waals surface area contributed by atoms with E-state index in [9.17, 15) is 0 Å². The predicted octanol–water partition coefficient (Wildman–Crippen LogP) is 4.83. The zero-order valence-corrected chi connectivity index (χ0v) is 14.7. The van der Waals surface area contributed by atoms with Crippen LogP contribution in [0.25, 0.3) is 0 Å². The van der Waals surface area contributed by atoms with Crippen LogP contribution in [-0.2, 0) is 0 Å². The Morgan fingerprint density at radius 1 is 1.04 bits per heavy atom. The van der Waals surface area contributed by atoms with Crippen LogP contribution in [0.2, 0.25) is 0 Å². The molecular weight excluding hydrogens is 304 g/mol. The summed E-state index contributed by atoms with van der Waals surface area (Å²) in [6.45, 7) is 6.88. The summed E-state index contributed by atoms with van der Waals surface area (Å²) in [4.78, 5) is 0. The zero-order valence-electron chi connectivity index (χ0n) is 13.9. The van der Waals surface area contributed by atoms with Crippen LogP contribution in [0.15, 0.2) is 48.5 Å². The van der Waals surface area contributed by atoms with Gasteiger partial charge in [0.15, 0.2) is 5.11 Å². The van der Waals surface area contributed by atoms with Gasteiger partial charge in [-0.25, -0.2) is 0 Å². The van der Waals surface area contributed by atoms with Gasteiger partial charge < -0.3 is 15.4 Å². The average molecular weight is 328 g/mol. The molecule has 0 radical (unpaired) electrons. The molecule has 0 saturated heterocycles. The Morgan fingerprint density at radius 3 is 2.26 bits per heavy atom. The zero-order chi connectivity index (χ0) is 16.7. The van der Waals surface area contributed by atoms with E-state index in [2.05, 4.69) is 48.7 Å². The lowest BCUT2D eigenvalue weighted by molar-refractivity contribution is 0.340. The largest absolute Gasteiger partial charge is 0.494 e. The molecule has 4 heteroatoms. The van der Waals surface area contributed by atoms with Crippen molar-refractivity contribution in [2.24, 2.45) is 0 Å². The normalized spacial score (nSPS) is 11.6. The Hall–Kier alpha value is -2.07. The standard InChI is InChI=1S/C19H24N2OS/c1-4-18(15-8-6-14(3)7-9-15)21-19(23)20-16-10-12-17(13-11-16)22-5-2/h6-13,18H,4-5H2,1-3H3,(H2,20,21,23)/t18-/m1/s1. The Kier molecular flexibility index (Phi) is 6.41. The van der Waals surface area contributed by atoms with Gasteiger partial charge >= 0.3 is 0 Å². The van der Waals surface area contributed by atoms with Crippen LogP contribution >= 0.6 is 12.2 Å². The van der Waals surface area contributed by atoms with Crippen molar-refractivity contribution >= 4 is 23.0 Å². The van der Waals surface area contributed by atoms with Gasteiger partial charge in [-0.15, -0.1) is 0 Å². The molecule has 2 aromatic rings. The molecule has 0 fully saturated rings. The van der Waals surface area contributed by atoms with Crippen LogP contribution in [0.5, 0.6) is 5.75 Å². The van der Waals surface area contributed by atoms with Crippen LogP contribution in [0.1, 0.15) is 37.4 Å². The van der Waals surface area contributed by atoms with Crippen molar-refractivity contribution in [1.29, 1.82) is 0 Å². The Morgan fingerprint density at radius 2 is 1.70 bits per heavy atom. The van der Waals surface area contributed by atoms with E-state index in [1.807, 2.05) is 31.2 Å². The number of anilines is 1. The quantitative estimate of drug-likeness (QED) is 0.744. The maximum atomic E-state index is 5.44. The molecule has 1 atom stereocenters. The van der Waals surface area contributed by atoms with Crippen LogP contribution in [0, 0.1) is 6.92 Å². The fourth-order valence-corrected chi connectivity index (χ4v) is 2.61. The molecule has 0 saturated carbocycles. The van der Waals surface area contributed by atoms with Crippen molar-refractivity contribution < 1.29 is 4.74 Å². The molecule has 0 aromatic heterocycles. The fraction of sp³-hybridized carbons (Fsp3) is 0.316. The molecule has 0 unspecified atom stereocenters. The summed E-state index contributed by atoms with van der Waals surface area (Å²) in [7, 11) is 0. The van der Waals surface area contributed by atoms with Gasteiger partial charge in [-0.2, -0.15) is 0 Å². The Labute approximate surface area is 144 Å². The smallest absolute Gasteiger partial charge is 0.171 e. The number of rotatable bonds is 6. The summed E-state index contributed by atoms with van der Waals surface area (Å²) in [5.74, 6) is 0.864. The number of hydrogen-bond acceptors (Lipinski definition) is 2. The van der Waals surface area contributed by atoms with Crippen molar-refractivity contribution in [3.8, 4) is 5.75 Å². The minimum atomic E-state index is 0.207. The predicted molar refractivity (Wildman–Crippen MR) is 101 cm³/mol. The molecule has 23 heavy (non-hydrogen) atoms. The number of thiocarbonyl (C=S) groups is 1. The van der Waals surface area contributed by atoms with Crippen LogP contribution in [-0.4, -0.2) is 11.7 Å². The maximum Gasteiger partial charge on any atom is 0.171 e. The van der Waals surface area contributed by atoms with Crippen molar-refractivity contribution in [3.05, 3.63) is 59.7 Å². The second kappa shape index (κ2) is 8.53. The van der Waals surface area contributed by atoms with E-state index in [-0.39, 0.29) is 6.04 Å². The monoisotopic (exact) mass is 328 g/mol. The number of hydrogen-bond donors (Lipinski definition) is 2. The summed E-state index contributed by atoms with van der Waals surface area (Å²) < 4.78 is 5.44. The van der Waals surface area contributed by atoms with Gasteiger partial charge in [0.2, 0.25) is 0 Å². The first-order valence-electron chi connectivity index (χ1n) is 7.99. The van der Waals surface area contributed by atoms with E-state index >= 15 is 0 Å². The van der Waals surface area contributed by atoms with Gasteiger partial charge in [0, 0.05) is 5.69 Å². The second-order valence-corrected chi connectivity index (χ2v) is 5.84. The number of nitrogens with one attached hydrogen (secondary N) is 2.